The first-order valence-electron chi connectivity index (χ1n) is 14.5. The number of likely N-dealkylation sites (tertiary alicyclic amines) is 1. The number of anilines is 1. The highest BCUT2D eigenvalue weighted by molar-refractivity contribution is 5.84. The number of carbonyl (C=O) groups excluding carboxylic acids is 1. The van der Waals surface area contributed by atoms with Crippen molar-refractivity contribution in [2.45, 2.75) is 78.1 Å². The van der Waals surface area contributed by atoms with Crippen LogP contribution in [0.5, 0.6) is 0 Å². The fraction of sp³-hybridized carbons (Fsp3) is 0.545. The lowest BCUT2D eigenvalue weighted by Gasteiger charge is -2.43. The lowest BCUT2D eigenvalue weighted by molar-refractivity contribution is -0.276. The second-order valence-corrected chi connectivity index (χ2v) is 13.1. The van der Waals surface area contributed by atoms with Crippen molar-refractivity contribution >= 4 is 11.8 Å². The zero-order valence-electron chi connectivity index (χ0n) is 24.3. The van der Waals surface area contributed by atoms with Gasteiger partial charge in [-0.15, -0.1) is 0 Å². The number of hydrogen-bond acceptors (Lipinski definition) is 6. The summed E-state index contributed by atoms with van der Waals surface area (Å²) in [4.78, 5) is 14.6. The van der Waals surface area contributed by atoms with Crippen molar-refractivity contribution in [2.75, 3.05) is 25.0 Å². The SMILES string of the molecule is C=CCOC(=O)Nc1ccc([C@H]2O[C@@H](CN3CC4(C)CC3CC(C)(C)C4)[C@@H](C)[C@@H](c3ccc(CO)cc3)O2)cc1. The maximum absolute atomic E-state index is 11.9. The first-order valence-corrected chi connectivity index (χ1v) is 14.5. The van der Waals surface area contributed by atoms with Crippen molar-refractivity contribution in [3.63, 3.8) is 0 Å². The average molecular weight is 549 g/mol. The predicted octanol–water partition coefficient (Wildman–Crippen LogP) is 6.61. The van der Waals surface area contributed by atoms with Gasteiger partial charge < -0.3 is 19.3 Å². The number of nitrogens with zero attached hydrogens (tertiary/aromatic N) is 1. The Labute approximate surface area is 238 Å². The van der Waals surface area contributed by atoms with Gasteiger partial charge in [-0.2, -0.15) is 0 Å². The molecular weight excluding hydrogens is 504 g/mol. The summed E-state index contributed by atoms with van der Waals surface area (Å²) in [5, 5.41) is 12.3. The van der Waals surface area contributed by atoms with E-state index in [4.69, 9.17) is 14.2 Å². The third kappa shape index (κ3) is 6.44. The number of hydrogen-bond donors (Lipinski definition) is 2. The van der Waals surface area contributed by atoms with Crippen LogP contribution in [0.15, 0.2) is 61.2 Å². The highest BCUT2D eigenvalue weighted by Crippen LogP contribution is 2.53. The van der Waals surface area contributed by atoms with Crippen molar-refractivity contribution in [3.8, 4) is 0 Å². The summed E-state index contributed by atoms with van der Waals surface area (Å²) in [6.45, 7) is 15.2. The lowest BCUT2D eigenvalue weighted by atomic mass is 9.65. The number of benzene rings is 2. The molecule has 2 unspecified atom stereocenters. The number of aliphatic hydroxyl groups excluding tert-OH is 1. The van der Waals surface area contributed by atoms with Gasteiger partial charge in [-0.3, -0.25) is 10.2 Å². The second kappa shape index (κ2) is 11.6. The Morgan fingerprint density at radius 2 is 1.80 bits per heavy atom. The van der Waals surface area contributed by atoms with Crippen LogP contribution in [0, 0.1) is 16.7 Å². The Kier molecular flexibility index (Phi) is 8.39. The van der Waals surface area contributed by atoms with Crippen LogP contribution in [0.3, 0.4) is 0 Å². The molecule has 2 heterocycles. The van der Waals surface area contributed by atoms with Crippen LogP contribution in [-0.2, 0) is 20.8 Å². The van der Waals surface area contributed by atoms with Crippen LogP contribution in [-0.4, -0.2) is 47.9 Å². The first-order chi connectivity index (χ1) is 19.1. The highest BCUT2D eigenvalue weighted by Gasteiger charge is 2.51. The number of fused-ring (bicyclic) bond motifs is 2. The van der Waals surface area contributed by atoms with Crippen molar-refractivity contribution in [1.29, 1.82) is 0 Å². The van der Waals surface area contributed by atoms with Gasteiger partial charge in [0.25, 0.3) is 0 Å². The molecule has 40 heavy (non-hydrogen) atoms. The van der Waals surface area contributed by atoms with Crippen LogP contribution in [0.1, 0.15) is 76.0 Å². The molecule has 0 spiro atoms. The normalized spacial score (nSPS) is 31.5. The third-order valence-electron chi connectivity index (χ3n) is 8.82. The Balaban J connectivity index is 1.36. The molecule has 3 aliphatic rings. The summed E-state index contributed by atoms with van der Waals surface area (Å²) in [5.41, 5.74) is 4.21. The fourth-order valence-corrected chi connectivity index (χ4v) is 7.36. The Morgan fingerprint density at radius 1 is 1.10 bits per heavy atom. The molecule has 2 N–H and O–H groups in total. The zero-order chi connectivity index (χ0) is 28.5. The van der Waals surface area contributed by atoms with E-state index >= 15 is 0 Å². The summed E-state index contributed by atoms with van der Waals surface area (Å²) in [7, 11) is 0. The topological polar surface area (TPSA) is 80.3 Å². The number of nitrogens with one attached hydrogen (secondary N) is 1. The van der Waals surface area contributed by atoms with E-state index in [0.717, 1.165) is 29.8 Å². The average Bonchev–Trinajstić information content (AvgIpc) is 3.16. The summed E-state index contributed by atoms with van der Waals surface area (Å²) in [6, 6.07) is 16.1. The van der Waals surface area contributed by atoms with Crippen LogP contribution >= 0.6 is 0 Å². The summed E-state index contributed by atoms with van der Waals surface area (Å²) in [5.74, 6) is 0.137. The van der Waals surface area contributed by atoms with Gasteiger partial charge in [0.15, 0.2) is 6.29 Å². The highest BCUT2D eigenvalue weighted by atomic mass is 16.7. The van der Waals surface area contributed by atoms with Crippen LogP contribution in [0.2, 0.25) is 0 Å². The molecule has 7 nitrogen and oxygen atoms in total. The number of ether oxygens (including phenoxy) is 3. The Morgan fingerprint density at radius 3 is 2.48 bits per heavy atom. The molecule has 3 fully saturated rings. The van der Waals surface area contributed by atoms with E-state index in [2.05, 4.69) is 56.6 Å². The molecule has 1 aliphatic carbocycles. The predicted molar refractivity (Wildman–Crippen MR) is 156 cm³/mol. The standard InChI is InChI=1S/C33H44N2O5/c1-6-15-38-31(37)34-26-13-11-25(12-14-26)30-39-28(18-35-21-33(5)17-27(35)16-32(3,4)20-33)22(2)29(40-30)24-9-7-23(19-36)8-10-24/h6-14,22,27-30,36H,1,15-21H2,2-5H3,(H,34,37)/t22-,27?,28+,29+,30+,33?/m1/s1. The maximum atomic E-state index is 11.9. The summed E-state index contributed by atoms with van der Waals surface area (Å²) < 4.78 is 18.4. The zero-order valence-corrected chi connectivity index (χ0v) is 24.3. The van der Waals surface area contributed by atoms with E-state index in [1.54, 1.807) is 0 Å². The Hall–Kier alpha value is -2.71. The summed E-state index contributed by atoms with van der Waals surface area (Å²) in [6.07, 6.45) is 4.04. The molecule has 7 heteroatoms. The number of amides is 1. The monoisotopic (exact) mass is 548 g/mol. The molecule has 1 saturated carbocycles. The van der Waals surface area contributed by atoms with E-state index in [0.29, 0.717) is 22.6 Å². The second-order valence-electron chi connectivity index (χ2n) is 13.1. The van der Waals surface area contributed by atoms with Crippen molar-refractivity contribution < 1.29 is 24.1 Å². The summed E-state index contributed by atoms with van der Waals surface area (Å²) >= 11 is 0. The van der Waals surface area contributed by atoms with Crippen LogP contribution in [0.4, 0.5) is 10.5 Å². The van der Waals surface area contributed by atoms with Crippen molar-refractivity contribution in [2.24, 2.45) is 16.7 Å². The van der Waals surface area contributed by atoms with Gasteiger partial charge in [-0.1, -0.05) is 76.7 Å². The van der Waals surface area contributed by atoms with Gasteiger partial charge in [0.1, 0.15) is 6.61 Å². The smallest absolute Gasteiger partial charge is 0.411 e. The first kappa shape index (κ1) is 28.8. The molecule has 216 valence electrons. The molecule has 0 radical (unpaired) electrons. The van der Waals surface area contributed by atoms with Crippen molar-refractivity contribution in [1.82, 2.24) is 4.90 Å². The van der Waals surface area contributed by atoms with Gasteiger partial charge in [0.2, 0.25) is 0 Å². The Bertz CT molecular complexity index is 1180. The van der Waals surface area contributed by atoms with Gasteiger partial charge in [-0.05, 0) is 53.4 Å². The third-order valence-corrected chi connectivity index (χ3v) is 8.82. The molecule has 2 saturated heterocycles. The molecule has 0 aromatic heterocycles. The van der Waals surface area contributed by atoms with Gasteiger partial charge in [0.05, 0.1) is 18.8 Å². The minimum Gasteiger partial charge on any atom is -0.445 e. The molecule has 2 bridgehead atoms. The molecule has 2 aliphatic heterocycles. The van der Waals surface area contributed by atoms with Crippen LogP contribution in [0.25, 0.3) is 0 Å². The maximum Gasteiger partial charge on any atom is 0.411 e. The van der Waals surface area contributed by atoms with E-state index < -0.39 is 12.4 Å². The molecule has 2 aromatic rings. The largest absolute Gasteiger partial charge is 0.445 e. The minimum absolute atomic E-state index is 0.0148. The minimum atomic E-state index is -0.542. The lowest BCUT2D eigenvalue weighted by Crippen LogP contribution is -2.46. The van der Waals surface area contributed by atoms with E-state index in [9.17, 15) is 9.90 Å². The number of aliphatic hydroxyl groups is 1. The van der Waals surface area contributed by atoms with Crippen molar-refractivity contribution in [3.05, 3.63) is 77.9 Å². The van der Waals surface area contributed by atoms with Gasteiger partial charge >= 0.3 is 6.09 Å². The molecule has 1 amide bonds. The van der Waals surface area contributed by atoms with Crippen LogP contribution < -0.4 is 5.32 Å². The molecule has 6 atom stereocenters. The van der Waals surface area contributed by atoms with E-state index in [-0.39, 0.29) is 31.3 Å². The van der Waals surface area contributed by atoms with Gasteiger partial charge in [0, 0.05) is 36.3 Å². The number of rotatable bonds is 8. The van der Waals surface area contributed by atoms with Gasteiger partial charge in [-0.25, -0.2) is 4.79 Å². The quantitative estimate of drug-likeness (QED) is 0.362. The molecule has 5 rings (SSSR count). The van der Waals surface area contributed by atoms with E-state index in [1.165, 1.54) is 25.3 Å². The molecule has 2 aromatic carbocycles. The molecular formula is C33H44N2O5. The number of carbonyl (C=O) groups is 1. The van der Waals surface area contributed by atoms with E-state index in [1.807, 2.05) is 36.4 Å². The fourth-order valence-electron chi connectivity index (χ4n) is 7.36.